The highest BCUT2D eigenvalue weighted by atomic mass is 35.5. The number of piperidine rings is 1. The number of benzene rings is 1. The third-order valence-electron chi connectivity index (χ3n) is 4.16. The third kappa shape index (κ3) is 3.14. The maximum atomic E-state index is 13.9. The van der Waals surface area contributed by atoms with Crippen LogP contribution in [0, 0.1) is 17.6 Å². The normalized spacial score (nSPS) is 18.0. The second kappa shape index (κ2) is 6.86. The van der Waals surface area contributed by atoms with E-state index in [2.05, 4.69) is 5.10 Å². The predicted octanol–water partition coefficient (Wildman–Crippen LogP) is 2.37. The predicted molar refractivity (Wildman–Crippen MR) is 86.8 cm³/mol. The molecule has 0 saturated carbocycles. The van der Waals surface area contributed by atoms with Crippen molar-refractivity contribution in [2.75, 3.05) is 24.6 Å². The maximum Gasteiger partial charge on any atom is 0.292 e. The van der Waals surface area contributed by atoms with E-state index in [4.69, 9.17) is 11.6 Å². The van der Waals surface area contributed by atoms with Gasteiger partial charge in [-0.25, -0.2) is 8.78 Å². The van der Waals surface area contributed by atoms with Crippen LogP contribution in [0.1, 0.15) is 12.8 Å². The summed E-state index contributed by atoms with van der Waals surface area (Å²) < 4.78 is 27.7. The monoisotopic (exact) mass is 355 g/mol. The van der Waals surface area contributed by atoms with E-state index in [1.165, 1.54) is 6.20 Å². The first-order valence-electron chi connectivity index (χ1n) is 7.60. The highest BCUT2D eigenvalue weighted by Gasteiger charge is 2.23. The topological polar surface area (TPSA) is 58.4 Å². The Morgan fingerprint density at radius 2 is 2.12 bits per heavy atom. The van der Waals surface area contributed by atoms with Gasteiger partial charge in [0, 0.05) is 25.8 Å². The van der Waals surface area contributed by atoms with Gasteiger partial charge in [-0.1, -0.05) is 11.6 Å². The first kappa shape index (κ1) is 16.9. The van der Waals surface area contributed by atoms with Crippen molar-refractivity contribution in [3.05, 3.63) is 51.4 Å². The number of hydrogen-bond donors (Lipinski definition) is 1. The Hall–Kier alpha value is -1.99. The number of halogens is 3. The summed E-state index contributed by atoms with van der Waals surface area (Å²) in [7, 11) is 0. The van der Waals surface area contributed by atoms with Gasteiger partial charge in [0.25, 0.3) is 5.56 Å². The standard InChI is InChI=1S/C16H16ClF2N3O2/c17-15-14(21-5-1-2-10(8-21)9-23)7-20-22(16(15)24)13-4-3-11(18)6-12(13)19/h3-4,6-7,10,23H,1-2,5,8-9H2. The van der Waals surface area contributed by atoms with Crippen molar-refractivity contribution in [3.8, 4) is 5.69 Å². The fraction of sp³-hybridized carbons (Fsp3) is 0.375. The molecule has 0 aliphatic carbocycles. The zero-order valence-corrected chi connectivity index (χ0v) is 13.5. The molecule has 1 unspecified atom stereocenters. The molecule has 1 saturated heterocycles. The number of aliphatic hydroxyl groups is 1. The SMILES string of the molecule is O=c1c(Cl)c(N2CCCC(CO)C2)cnn1-c1ccc(F)cc1F. The molecule has 1 aliphatic heterocycles. The lowest BCUT2D eigenvalue weighted by atomic mass is 9.99. The van der Waals surface area contributed by atoms with Crippen molar-refractivity contribution in [2.45, 2.75) is 12.8 Å². The van der Waals surface area contributed by atoms with E-state index in [1.54, 1.807) is 0 Å². The van der Waals surface area contributed by atoms with E-state index >= 15 is 0 Å². The Kier molecular flexibility index (Phi) is 4.82. The summed E-state index contributed by atoms with van der Waals surface area (Å²) in [6, 6.07) is 2.87. The van der Waals surface area contributed by atoms with Crippen LogP contribution in [-0.2, 0) is 0 Å². The molecule has 128 valence electrons. The first-order valence-corrected chi connectivity index (χ1v) is 7.98. The van der Waals surface area contributed by atoms with Crippen molar-refractivity contribution >= 4 is 17.3 Å². The van der Waals surface area contributed by atoms with E-state index < -0.39 is 17.2 Å². The van der Waals surface area contributed by atoms with Crippen LogP contribution in [0.25, 0.3) is 5.69 Å². The number of anilines is 1. The van der Waals surface area contributed by atoms with Crippen molar-refractivity contribution in [1.29, 1.82) is 0 Å². The summed E-state index contributed by atoms with van der Waals surface area (Å²) in [6.45, 7) is 1.35. The van der Waals surface area contributed by atoms with E-state index in [1.807, 2.05) is 4.90 Å². The molecule has 1 aromatic carbocycles. The molecule has 1 fully saturated rings. The molecule has 0 amide bonds. The molecule has 3 rings (SSSR count). The van der Waals surface area contributed by atoms with Crippen molar-refractivity contribution in [2.24, 2.45) is 5.92 Å². The number of nitrogens with zero attached hydrogens (tertiary/aromatic N) is 3. The van der Waals surface area contributed by atoms with Gasteiger partial charge in [0.05, 0.1) is 11.9 Å². The Balaban J connectivity index is 1.99. The maximum absolute atomic E-state index is 13.9. The molecule has 1 aliphatic rings. The average Bonchev–Trinajstić information content (AvgIpc) is 2.58. The van der Waals surface area contributed by atoms with E-state index in [-0.39, 0.29) is 23.2 Å². The Bertz CT molecular complexity index is 812. The van der Waals surface area contributed by atoms with Gasteiger partial charge in [-0.3, -0.25) is 4.79 Å². The summed E-state index contributed by atoms with van der Waals surface area (Å²) in [5, 5.41) is 13.2. The van der Waals surface area contributed by atoms with Gasteiger partial charge >= 0.3 is 0 Å². The van der Waals surface area contributed by atoms with Crippen LogP contribution >= 0.6 is 11.6 Å². The summed E-state index contributed by atoms with van der Waals surface area (Å²) in [6.07, 6.45) is 3.18. The molecule has 2 aromatic rings. The lowest BCUT2D eigenvalue weighted by Crippen LogP contribution is -2.38. The Labute approximate surface area is 142 Å². The van der Waals surface area contributed by atoms with Crippen LogP contribution < -0.4 is 10.5 Å². The number of hydrogen-bond acceptors (Lipinski definition) is 4. The molecule has 2 heterocycles. The smallest absolute Gasteiger partial charge is 0.292 e. The van der Waals surface area contributed by atoms with Crippen molar-refractivity contribution in [3.63, 3.8) is 0 Å². The summed E-state index contributed by atoms with van der Waals surface area (Å²) >= 11 is 6.18. The van der Waals surface area contributed by atoms with Crippen LogP contribution in [0.15, 0.2) is 29.2 Å². The summed E-state index contributed by atoms with van der Waals surface area (Å²) in [4.78, 5) is 14.3. The molecule has 1 atom stereocenters. The minimum Gasteiger partial charge on any atom is -0.396 e. The zero-order valence-electron chi connectivity index (χ0n) is 12.8. The highest BCUT2D eigenvalue weighted by Crippen LogP contribution is 2.27. The average molecular weight is 356 g/mol. The third-order valence-corrected chi connectivity index (χ3v) is 4.51. The molecule has 0 spiro atoms. The molecule has 1 N–H and O–H groups in total. The van der Waals surface area contributed by atoms with Gasteiger partial charge in [-0.15, -0.1) is 0 Å². The highest BCUT2D eigenvalue weighted by molar-refractivity contribution is 6.33. The molecule has 1 aromatic heterocycles. The fourth-order valence-electron chi connectivity index (χ4n) is 2.90. The van der Waals surface area contributed by atoms with Gasteiger partial charge in [-0.2, -0.15) is 9.78 Å². The van der Waals surface area contributed by atoms with E-state index in [9.17, 15) is 18.7 Å². The summed E-state index contributed by atoms with van der Waals surface area (Å²) in [5.41, 5.74) is -0.383. The summed E-state index contributed by atoms with van der Waals surface area (Å²) in [5.74, 6) is -1.52. The molecule has 5 nitrogen and oxygen atoms in total. The molecule has 24 heavy (non-hydrogen) atoms. The van der Waals surface area contributed by atoms with Crippen molar-refractivity contribution < 1.29 is 13.9 Å². The van der Waals surface area contributed by atoms with Gasteiger partial charge in [0.1, 0.15) is 16.5 Å². The number of aromatic nitrogens is 2. The minimum atomic E-state index is -0.897. The number of rotatable bonds is 3. The molecule has 0 bridgehead atoms. The zero-order chi connectivity index (χ0) is 17.3. The van der Waals surface area contributed by atoms with Gasteiger partial charge in [0.15, 0.2) is 5.82 Å². The second-order valence-corrected chi connectivity index (χ2v) is 6.17. The quantitative estimate of drug-likeness (QED) is 0.918. The molecular formula is C16H16ClF2N3O2. The van der Waals surface area contributed by atoms with Crippen LogP contribution in [0.2, 0.25) is 5.02 Å². The van der Waals surface area contributed by atoms with Gasteiger partial charge in [0.2, 0.25) is 0 Å². The lowest BCUT2D eigenvalue weighted by molar-refractivity contribution is 0.208. The van der Waals surface area contributed by atoms with Crippen molar-refractivity contribution in [1.82, 2.24) is 9.78 Å². The van der Waals surface area contributed by atoms with E-state index in [0.717, 1.165) is 29.7 Å². The Morgan fingerprint density at radius 1 is 1.33 bits per heavy atom. The fourth-order valence-corrected chi connectivity index (χ4v) is 3.15. The molecule has 0 radical (unpaired) electrons. The Morgan fingerprint density at radius 3 is 2.83 bits per heavy atom. The van der Waals surface area contributed by atoms with Crippen LogP contribution in [0.3, 0.4) is 0 Å². The van der Waals surface area contributed by atoms with E-state index in [0.29, 0.717) is 24.8 Å². The van der Waals surface area contributed by atoms with Crippen LogP contribution in [0.5, 0.6) is 0 Å². The van der Waals surface area contributed by atoms with Gasteiger partial charge in [-0.05, 0) is 30.9 Å². The largest absolute Gasteiger partial charge is 0.396 e. The second-order valence-electron chi connectivity index (χ2n) is 5.79. The van der Waals surface area contributed by atoms with Gasteiger partial charge < -0.3 is 10.0 Å². The van der Waals surface area contributed by atoms with Crippen LogP contribution in [0.4, 0.5) is 14.5 Å². The lowest BCUT2D eigenvalue weighted by Gasteiger charge is -2.33. The molecule has 8 heteroatoms. The first-order chi connectivity index (χ1) is 11.5. The molecular weight excluding hydrogens is 340 g/mol. The minimum absolute atomic E-state index is 0.0689. The number of aliphatic hydroxyl groups excluding tert-OH is 1. The van der Waals surface area contributed by atoms with Crippen LogP contribution in [-0.4, -0.2) is 34.6 Å².